The predicted molar refractivity (Wildman–Crippen MR) is 114 cm³/mol. The lowest BCUT2D eigenvalue weighted by Crippen LogP contribution is -2.39. The largest absolute Gasteiger partial charge is 0.508 e. The third kappa shape index (κ3) is 3.54. The van der Waals surface area contributed by atoms with Gasteiger partial charge in [-0.05, 0) is 30.3 Å². The summed E-state index contributed by atoms with van der Waals surface area (Å²) in [4.78, 5) is 0. The molecule has 0 amide bonds. The molecule has 1 atom stereocenters. The van der Waals surface area contributed by atoms with Gasteiger partial charge in [0.25, 0.3) is 10.1 Å². The van der Waals surface area contributed by atoms with E-state index < -0.39 is 26.4 Å². The van der Waals surface area contributed by atoms with E-state index in [2.05, 4.69) is 0 Å². The Morgan fingerprint density at radius 1 is 0.724 bits per heavy atom. The van der Waals surface area contributed by atoms with Gasteiger partial charge in [0.15, 0.2) is 4.75 Å². The van der Waals surface area contributed by atoms with Crippen LogP contribution < -0.4 is 0 Å². The summed E-state index contributed by atoms with van der Waals surface area (Å²) in [6.07, 6.45) is 0. The second kappa shape index (κ2) is 7.87. The van der Waals surface area contributed by atoms with Crippen molar-refractivity contribution in [2.24, 2.45) is 0 Å². The van der Waals surface area contributed by atoms with Crippen molar-refractivity contribution in [3.8, 4) is 11.5 Å². The fourth-order valence-corrected chi connectivity index (χ4v) is 5.57. The highest BCUT2D eigenvalue weighted by Crippen LogP contribution is 2.53. The molecule has 0 aliphatic rings. The number of hydrogen-bond acceptors (Lipinski definition) is 4. The molecule has 3 aromatic rings. The molecular weight excluding hydrogens is 482 g/mol. The van der Waals surface area contributed by atoms with Gasteiger partial charge in [0.2, 0.25) is 0 Å². The Balaban J connectivity index is 2.66. The van der Waals surface area contributed by atoms with Gasteiger partial charge in [-0.2, -0.15) is 8.42 Å². The first kappa shape index (κ1) is 22.0. The van der Waals surface area contributed by atoms with E-state index in [1.54, 1.807) is 6.07 Å². The lowest BCUT2D eigenvalue weighted by atomic mass is 9.83. The van der Waals surface area contributed by atoms with Crippen LogP contribution in [0.1, 0.15) is 16.7 Å². The Labute approximate surface area is 186 Å². The third-order valence-corrected chi connectivity index (χ3v) is 7.29. The Bertz CT molecular complexity index is 1210. The van der Waals surface area contributed by atoms with E-state index in [0.29, 0.717) is 0 Å². The molecule has 0 heterocycles. The molecule has 10 heteroatoms. The van der Waals surface area contributed by atoms with E-state index in [1.807, 2.05) is 0 Å². The first-order chi connectivity index (χ1) is 13.5. The minimum Gasteiger partial charge on any atom is -0.508 e. The van der Waals surface area contributed by atoms with Crippen molar-refractivity contribution in [3.63, 3.8) is 0 Å². The number of hydrogen-bond donors (Lipinski definition) is 3. The van der Waals surface area contributed by atoms with Crippen molar-refractivity contribution in [1.82, 2.24) is 0 Å². The molecule has 1 unspecified atom stereocenters. The summed E-state index contributed by atoms with van der Waals surface area (Å²) >= 11 is 24.7. The summed E-state index contributed by atoms with van der Waals surface area (Å²) < 4.78 is 34.0. The van der Waals surface area contributed by atoms with Crippen LogP contribution in [0.25, 0.3) is 0 Å². The summed E-state index contributed by atoms with van der Waals surface area (Å²) in [5.74, 6) is -0.897. The van der Waals surface area contributed by atoms with Crippen LogP contribution in [0.15, 0.2) is 54.6 Å². The van der Waals surface area contributed by atoms with Gasteiger partial charge in [-0.3, -0.25) is 4.55 Å². The average molecular weight is 494 g/mol. The monoisotopic (exact) mass is 492 g/mol. The average Bonchev–Trinajstić information content (AvgIpc) is 2.65. The van der Waals surface area contributed by atoms with Gasteiger partial charge in [0.1, 0.15) is 16.5 Å². The van der Waals surface area contributed by atoms with Crippen LogP contribution in [0.3, 0.4) is 0 Å². The first-order valence-corrected chi connectivity index (χ1v) is 10.9. The molecular formula is C19H12Cl4O5S. The van der Waals surface area contributed by atoms with Crippen LogP contribution in [0.4, 0.5) is 0 Å². The van der Waals surface area contributed by atoms with Crippen molar-refractivity contribution >= 4 is 56.5 Å². The number of rotatable bonds is 4. The van der Waals surface area contributed by atoms with Crippen LogP contribution in [-0.2, 0) is 14.9 Å². The second-order valence-corrected chi connectivity index (χ2v) is 9.22. The van der Waals surface area contributed by atoms with Gasteiger partial charge in [-0.1, -0.05) is 70.7 Å². The topological polar surface area (TPSA) is 94.8 Å². The van der Waals surface area contributed by atoms with Crippen LogP contribution in [0.5, 0.6) is 11.5 Å². The highest BCUT2D eigenvalue weighted by molar-refractivity contribution is 7.87. The minimum absolute atomic E-state index is 0.0373. The van der Waals surface area contributed by atoms with Gasteiger partial charge in [-0.15, -0.1) is 0 Å². The Morgan fingerprint density at radius 2 is 1.34 bits per heavy atom. The Morgan fingerprint density at radius 3 is 1.97 bits per heavy atom. The van der Waals surface area contributed by atoms with E-state index in [1.165, 1.54) is 42.5 Å². The van der Waals surface area contributed by atoms with Crippen molar-refractivity contribution in [3.05, 3.63) is 91.4 Å². The zero-order chi connectivity index (χ0) is 21.6. The minimum atomic E-state index is -5.13. The maximum absolute atomic E-state index is 13.0. The molecule has 3 rings (SSSR count). The van der Waals surface area contributed by atoms with Gasteiger partial charge in [0.05, 0.1) is 5.02 Å². The highest BCUT2D eigenvalue weighted by Gasteiger charge is 2.52. The second-order valence-electron chi connectivity index (χ2n) is 6.06. The fraction of sp³-hybridized carbons (Fsp3) is 0.0526. The van der Waals surface area contributed by atoms with Crippen molar-refractivity contribution in [2.45, 2.75) is 4.75 Å². The number of aromatic hydroxyl groups is 2. The first-order valence-electron chi connectivity index (χ1n) is 7.90. The van der Waals surface area contributed by atoms with Gasteiger partial charge in [0, 0.05) is 26.7 Å². The molecule has 0 saturated heterocycles. The summed E-state index contributed by atoms with van der Waals surface area (Å²) in [5, 5.41) is 19.8. The zero-order valence-electron chi connectivity index (χ0n) is 14.3. The summed E-state index contributed by atoms with van der Waals surface area (Å²) in [6.45, 7) is 0. The van der Waals surface area contributed by atoms with E-state index >= 15 is 0 Å². The Kier molecular flexibility index (Phi) is 5.98. The lowest BCUT2D eigenvalue weighted by Gasteiger charge is -2.34. The number of halogens is 4. The molecule has 0 radical (unpaired) electrons. The zero-order valence-corrected chi connectivity index (χ0v) is 18.1. The predicted octanol–water partition coefficient (Wildman–Crippen LogP) is 5.89. The molecule has 3 aromatic carbocycles. The van der Waals surface area contributed by atoms with Crippen LogP contribution >= 0.6 is 46.4 Å². The quantitative estimate of drug-likeness (QED) is 0.311. The molecule has 0 fully saturated rings. The van der Waals surface area contributed by atoms with Crippen molar-refractivity contribution < 1.29 is 23.2 Å². The van der Waals surface area contributed by atoms with E-state index in [9.17, 15) is 23.2 Å². The number of phenolic OH excluding ortho intramolecular Hbond substituents is 2. The van der Waals surface area contributed by atoms with Gasteiger partial charge < -0.3 is 10.2 Å². The maximum atomic E-state index is 13.0. The number of phenols is 2. The summed E-state index contributed by atoms with van der Waals surface area (Å²) in [7, 11) is -5.13. The standard InChI is InChI=1S/C19H12Cl4O5S/c20-10-5-7-15(24)13(9-10)19(29(26,27)28,11-3-1-2-4-14(11)21)12-6-8-16(25)18(23)17(12)22/h1-9,24-25H,(H,26,27,28). The van der Waals surface area contributed by atoms with E-state index in [-0.39, 0.29) is 36.8 Å². The SMILES string of the molecule is O=S(=O)(O)C(c1cc(Cl)ccc1O)(c1ccccc1Cl)c1ccc(O)c(Cl)c1Cl. The molecule has 0 saturated carbocycles. The normalized spacial score (nSPS) is 13.8. The van der Waals surface area contributed by atoms with Crippen molar-refractivity contribution in [2.75, 3.05) is 0 Å². The van der Waals surface area contributed by atoms with Crippen LogP contribution in [-0.4, -0.2) is 23.2 Å². The third-order valence-electron chi connectivity index (χ3n) is 4.42. The Hall–Kier alpha value is -1.67. The summed E-state index contributed by atoms with van der Waals surface area (Å²) in [6, 6.07) is 11.8. The highest BCUT2D eigenvalue weighted by atomic mass is 35.5. The molecule has 0 aliphatic heterocycles. The molecule has 0 aliphatic carbocycles. The molecule has 0 spiro atoms. The smallest absolute Gasteiger partial charge is 0.283 e. The maximum Gasteiger partial charge on any atom is 0.283 e. The van der Waals surface area contributed by atoms with Gasteiger partial charge in [-0.25, -0.2) is 0 Å². The van der Waals surface area contributed by atoms with Crippen LogP contribution in [0.2, 0.25) is 20.1 Å². The van der Waals surface area contributed by atoms with Crippen LogP contribution in [0, 0.1) is 0 Å². The van der Waals surface area contributed by atoms with E-state index in [0.717, 1.165) is 6.07 Å². The van der Waals surface area contributed by atoms with Gasteiger partial charge >= 0.3 is 0 Å². The molecule has 3 N–H and O–H groups in total. The summed E-state index contributed by atoms with van der Waals surface area (Å²) in [5.41, 5.74) is -0.648. The molecule has 0 bridgehead atoms. The number of benzene rings is 3. The molecule has 29 heavy (non-hydrogen) atoms. The molecule has 152 valence electrons. The lowest BCUT2D eigenvalue weighted by molar-refractivity contribution is 0.440. The fourth-order valence-electron chi connectivity index (χ4n) is 3.20. The molecule has 0 aromatic heterocycles. The molecule has 5 nitrogen and oxygen atoms in total. The van der Waals surface area contributed by atoms with E-state index in [4.69, 9.17) is 46.4 Å². The van der Waals surface area contributed by atoms with Crippen molar-refractivity contribution in [1.29, 1.82) is 0 Å².